The molecule has 0 saturated carbocycles. The lowest BCUT2D eigenvalue weighted by Gasteiger charge is -2.42. The Labute approximate surface area is 81.2 Å². The molecule has 1 heterocycles. The summed E-state index contributed by atoms with van der Waals surface area (Å²) in [5.41, 5.74) is 5.75. The zero-order valence-corrected chi connectivity index (χ0v) is 8.74. The highest BCUT2D eigenvalue weighted by Gasteiger charge is 2.26. The molecule has 0 amide bonds. The third-order valence-electron chi connectivity index (χ3n) is 2.87. The van der Waals surface area contributed by atoms with Crippen LogP contribution in [0.2, 0.25) is 0 Å². The van der Waals surface area contributed by atoms with E-state index in [0.29, 0.717) is 12.1 Å². The number of piperazine rings is 1. The smallest absolute Gasteiger partial charge is 0.0351 e. The molecule has 0 aromatic heterocycles. The van der Waals surface area contributed by atoms with Crippen molar-refractivity contribution in [3.8, 4) is 0 Å². The Morgan fingerprint density at radius 1 is 1.62 bits per heavy atom. The Morgan fingerprint density at radius 2 is 2.31 bits per heavy atom. The van der Waals surface area contributed by atoms with Gasteiger partial charge in [-0.2, -0.15) is 0 Å². The van der Waals surface area contributed by atoms with Gasteiger partial charge in [0, 0.05) is 38.3 Å². The number of rotatable bonds is 3. The van der Waals surface area contributed by atoms with Crippen LogP contribution in [0.15, 0.2) is 12.7 Å². The fourth-order valence-corrected chi connectivity index (χ4v) is 1.91. The second-order valence-corrected chi connectivity index (χ2v) is 3.87. The summed E-state index contributed by atoms with van der Waals surface area (Å²) in [7, 11) is 2.15. The molecular formula is C10H21N3. The molecule has 0 spiro atoms. The van der Waals surface area contributed by atoms with Gasteiger partial charge in [-0.25, -0.2) is 0 Å². The van der Waals surface area contributed by atoms with Gasteiger partial charge < -0.3 is 10.6 Å². The van der Waals surface area contributed by atoms with E-state index in [2.05, 4.69) is 30.4 Å². The Kier molecular flexibility index (Phi) is 3.90. The van der Waals surface area contributed by atoms with E-state index < -0.39 is 0 Å². The van der Waals surface area contributed by atoms with Crippen LogP contribution < -0.4 is 5.73 Å². The van der Waals surface area contributed by atoms with Crippen molar-refractivity contribution in [2.24, 2.45) is 5.73 Å². The SMILES string of the molecule is C=CC(C)N1CCN(C)CC1CN. The van der Waals surface area contributed by atoms with Crippen molar-refractivity contribution in [2.45, 2.75) is 19.0 Å². The maximum atomic E-state index is 5.75. The van der Waals surface area contributed by atoms with Crippen LogP contribution in [0, 0.1) is 0 Å². The Hall–Kier alpha value is -0.380. The van der Waals surface area contributed by atoms with E-state index in [1.165, 1.54) is 0 Å². The van der Waals surface area contributed by atoms with Crippen molar-refractivity contribution in [2.75, 3.05) is 33.2 Å². The summed E-state index contributed by atoms with van der Waals surface area (Å²) < 4.78 is 0. The predicted octanol–water partition coefficient (Wildman–Crippen LogP) is 0.136. The maximum Gasteiger partial charge on any atom is 0.0351 e. The van der Waals surface area contributed by atoms with E-state index >= 15 is 0 Å². The summed E-state index contributed by atoms with van der Waals surface area (Å²) >= 11 is 0. The van der Waals surface area contributed by atoms with Gasteiger partial charge in [0.25, 0.3) is 0 Å². The number of likely N-dealkylation sites (N-methyl/N-ethyl adjacent to an activating group) is 1. The molecule has 3 heteroatoms. The van der Waals surface area contributed by atoms with Crippen molar-refractivity contribution in [3.05, 3.63) is 12.7 Å². The minimum atomic E-state index is 0.447. The van der Waals surface area contributed by atoms with Crippen LogP contribution in [0.25, 0.3) is 0 Å². The average Bonchev–Trinajstić information content (AvgIpc) is 2.16. The molecule has 2 unspecified atom stereocenters. The van der Waals surface area contributed by atoms with E-state index in [1.807, 2.05) is 6.08 Å². The molecule has 0 aliphatic carbocycles. The van der Waals surface area contributed by atoms with Gasteiger partial charge in [-0.05, 0) is 14.0 Å². The third-order valence-corrected chi connectivity index (χ3v) is 2.87. The minimum absolute atomic E-state index is 0.447. The van der Waals surface area contributed by atoms with Crippen LogP contribution in [0.5, 0.6) is 0 Å². The molecule has 76 valence electrons. The van der Waals surface area contributed by atoms with E-state index in [4.69, 9.17) is 5.73 Å². The number of hydrogen-bond acceptors (Lipinski definition) is 3. The lowest BCUT2D eigenvalue weighted by atomic mass is 10.1. The van der Waals surface area contributed by atoms with E-state index in [9.17, 15) is 0 Å². The molecule has 1 aliphatic rings. The molecule has 0 aromatic rings. The minimum Gasteiger partial charge on any atom is -0.329 e. The molecule has 0 radical (unpaired) electrons. The van der Waals surface area contributed by atoms with Gasteiger partial charge in [0.1, 0.15) is 0 Å². The quantitative estimate of drug-likeness (QED) is 0.632. The van der Waals surface area contributed by atoms with Gasteiger partial charge in [0.15, 0.2) is 0 Å². The summed E-state index contributed by atoms with van der Waals surface area (Å²) in [4.78, 5) is 4.77. The fraction of sp³-hybridized carbons (Fsp3) is 0.800. The summed E-state index contributed by atoms with van der Waals surface area (Å²) in [5.74, 6) is 0. The molecule has 13 heavy (non-hydrogen) atoms. The van der Waals surface area contributed by atoms with E-state index in [-0.39, 0.29) is 0 Å². The first-order chi connectivity index (χ1) is 6.19. The van der Waals surface area contributed by atoms with Gasteiger partial charge in [-0.15, -0.1) is 6.58 Å². The number of nitrogens with two attached hydrogens (primary N) is 1. The molecule has 3 nitrogen and oxygen atoms in total. The second kappa shape index (κ2) is 4.74. The van der Waals surface area contributed by atoms with Crippen molar-refractivity contribution in [3.63, 3.8) is 0 Å². The van der Waals surface area contributed by atoms with Gasteiger partial charge in [0.2, 0.25) is 0 Å². The average molecular weight is 183 g/mol. The Bertz CT molecular complexity index is 170. The van der Waals surface area contributed by atoms with Crippen LogP contribution in [0.4, 0.5) is 0 Å². The van der Waals surface area contributed by atoms with Crippen LogP contribution in [0.3, 0.4) is 0 Å². The van der Waals surface area contributed by atoms with Gasteiger partial charge >= 0.3 is 0 Å². The van der Waals surface area contributed by atoms with Gasteiger partial charge in [0.05, 0.1) is 0 Å². The van der Waals surface area contributed by atoms with Crippen molar-refractivity contribution < 1.29 is 0 Å². The molecule has 2 atom stereocenters. The fourth-order valence-electron chi connectivity index (χ4n) is 1.91. The molecule has 1 saturated heterocycles. The lowest BCUT2D eigenvalue weighted by Crippen LogP contribution is -2.57. The molecule has 0 bridgehead atoms. The number of hydrogen-bond donors (Lipinski definition) is 1. The van der Waals surface area contributed by atoms with Gasteiger partial charge in [-0.1, -0.05) is 6.08 Å². The van der Waals surface area contributed by atoms with Crippen molar-refractivity contribution >= 4 is 0 Å². The lowest BCUT2D eigenvalue weighted by molar-refractivity contribution is 0.0778. The Morgan fingerprint density at radius 3 is 2.85 bits per heavy atom. The molecular weight excluding hydrogens is 162 g/mol. The zero-order chi connectivity index (χ0) is 9.84. The van der Waals surface area contributed by atoms with E-state index in [1.54, 1.807) is 0 Å². The number of nitrogens with zero attached hydrogens (tertiary/aromatic N) is 2. The summed E-state index contributed by atoms with van der Waals surface area (Å²) in [6.07, 6.45) is 1.99. The van der Waals surface area contributed by atoms with E-state index in [0.717, 1.165) is 26.2 Å². The van der Waals surface area contributed by atoms with Crippen LogP contribution in [-0.2, 0) is 0 Å². The summed E-state index contributed by atoms with van der Waals surface area (Å²) in [5, 5.41) is 0. The topological polar surface area (TPSA) is 32.5 Å². The third kappa shape index (κ3) is 2.53. The molecule has 0 aromatic carbocycles. The van der Waals surface area contributed by atoms with Crippen LogP contribution >= 0.6 is 0 Å². The van der Waals surface area contributed by atoms with Gasteiger partial charge in [-0.3, -0.25) is 4.90 Å². The zero-order valence-electron chi connectivity index (χ0n) is 8.74. The standard InChI is InChI=1S/C10H21N3/c1-4-9(2)13-6-5-12(3)8-10(13)7-11/h4,9-10H,1,5-8,11H2,2-3H3. The summed E-state index contributed by atoms with van der Waals surface area (Å²) in [6, 6.07) is 0.939. The highest BCUT2D eigenvalue weighted by atomic mass is 15.3. The highest BCUT2D eigenvalue weighted by Crippen LogP contribution is 2.11. The maximum absolute atomic E-state index is 5.75. The van der Waals surface area contributed by atoms with Crippen LogP contribution in [-0.4, -0.2) is 55.1 Å². The Balaban J connectivity index is 2.56. The first-order valence-electron chi connectivity index (χ1n) is 4.96. The largest absolute Gasteiger partial charge is 0.329 e. The van der Waals surface area contributed by atoms with Crippen molar-refractivity contribution in [1.82, 2.24) is 9.80 Å². The normalized spacial score (nSPS) is 28.7. The molecule has 1 aliphatic heterocycles. The monoisotopic (exact) mass is 183 g/mol. The first kappa shape index (κ1) is 10.7. The molecule has 1 fully saturated rings. The summed E-state index contributed by atoms with van der Waals surface area (Å²) in [6.45, 7) is 10.1. The molecule has 1 rings (SSSR count). The second-order valence-electron chi connectivity index (χ2n) is 3.87. The van der Waals surface area contributed by atoms with Crippen LogP contribution in [0.1, 0.15) is 6.92 Å². The van der Waals surface area contributed by atoms with Crippen molar-refractivity contribution in [1.29, 1.82) is 0 Å². The predicted molar refractivity (Wildman–Crippen MR) is 56.7 cm³/mol. The first-order valence-corrected chi connectivity index (χ1v) is 4.96. The molecule has 2 N–H and O–H groups in total. The highest BCUT2D eigenvalue weighted by molar-refractivity contribution is 4.91.